The zero-order valence-corrected chi connectivity index (χ0v) is 19.6. The summed E-state index contributed by atoms with van der Waals surface area (Å²) in [6.45, 7) is 0. The van der Waals surface area contributed by atoms with Crippen LogP contribution < -0.4 is 0 Å². The Kier molecular flexibility index (Phi) is 4.16. The molecule has 8 rings (SSSR count). The summed E-state index contributed by atoms with van der Waals surface area (Å²) in [7, 11) is 0. The van der Waals surface area contributed by atoms with Crippen LogP contribution in [0, 0.1) is 0 Å². The van der Waals surface area contributed by atoms with Crippen molar-refractivity contribution in [1.29, 1.82) is 0 Å². The lowest BCUT2D eigenvalue weighted by molar-refractivity contribution is 0.653. The molecule has 0 radical (unpaired) electrons. The van der Waals surface area contributed by atoms with Gasteiger partial charge in [-0.05, 0) is 63.4 Å². The van der Waals surface area contributed by atoms with Gasteiger partial charge in [0.2, 0.25) is 5.71 Å². The van der Waals surface area contributed by atoms with Gasteiger partial charge in [0.1, 0.15) is 11.1 Å². The van der Waals surface area contributed by atoms with Gasteiger partial charge in [-0.15, -0.1) is 0 Å². The average molecular weight is 475 g/mol. The SMILES string of the molecule is c1cnc2c(c1)cc(-c1ccc(-c3ccc4oc5nccnc5c4c3)c3ccccc13)c1cccnc12. The molecule has 172 valence electrons. The largest absolute Gasteiger partial charge is 0.436 e. The molecule has 0 bridgehead atoms. The van der Waals surface area contributed by atoms with Crippen LogP contribution in [0.4, 0.5) is 0 Å². The van der Waals surface area contributed by atoms with Crippen LogP contribution in [0.15, 0.2) is 114 Å². The first-order chi connectivity index (χ1) is 18.3. The number of hydrogen-bond acceptors (Lipinski definition) is 5. The molecular formula is C32H18N4O. The summed E-state index contributed by atoms with van der Waals surface area (Å²) in [5, 5.41) is 5.51. The molecule has 4 aromatic heterocycles. The molecule has 0 saturated carbocycles. The van der Waals surface area contributed by atoms with Gasteiger partial charge in [-0.1, -0.05) is 54.6 Å². The van der Waals surface area contributed by atoms with Gasteiger partial charge in [0.25, 0.3) is 0 Å². The van der Waals surface area contributed by atoms with E-state index in [4.69, 9.17) is 9.40 Å². The highest BCUT2D eigenvalue weighted by Crippen LogP contribution is 2.40. The minimum atomic E-state index is 0.557. The van der Waals surface area contributed by atoms with E-state index in [-0.39, 0.29) is 0 Å². The van der Waals surface area contributed by atoms with E-state index in [0.29, 0.717) is 5.71 Å². The Morgan fingerprint density at radius 1 is 0.459 bits per heavy atom. The van der Waals surface area contributed by atoms with Crippen molar-refractivity contribution in [3.05, 3.63) is 110 Å². The summed E-state index contributed by atoms with van der Waals surface area (Å²) in [5.41, 5.74) is 8.55. The van der Waals surface area contributed by atoms with Crippen LogP contribution in [0.3, 0.4) is 0 Å². The molecule has 0 aliphatic carbocycles. The number of hydrogen-bond donors (Lipinski definition) is 0. The second-order valence-electron chi connectivity index (χ2n) is 9.13. The summed E-state index contributed by atoms with van der Waals surface area (Å²) < 4.78 is 5.90. The van der Waals surface area contributed by atoms with Crippen LogP contribution in [-0.4, -0.2) is 19.9 Å². The first-order valence-electron chi connectivity index (χ1n) is 12.1. The number of furan rings is 1. The van der Waals surface area contributed by atoms with E-state index in [1.54, 1.807) is 12.4 Å². The predicted octanol–water partition coefficient (Wildman–Crippen LogP) is 7.96. The Bertz CT molecular complexity index is 2160. The van der Waals surface area contributed by atoms with E-state index in [1.807, 2.05) is 30.6 Å². The molecule has 0 saturated heterocycles. The lowest BCUT2D eigenvalue weighted by Gasteiger charge is -2.15. The topological polar surface area (TPSA) is 64.7 Å². The molecule has 0 N–H and O–H groups in total. The Balaban J connectivity index is 1.40. The fraction of sp³-hybridized carbons (Fsp3) is 0. The molecule has 5 nitrogen and oxygen atoms in total. The van der Waals surface area contributed by atoms with Crippen LogP contribution in [-0.2, 0) is 0 Å². The Hall–Kier alpha value is -5.16. The van der Waals surface area contributed by atoms with Gasteiger partial charge in [0.15, 0.2) is 0 Å². The highest BCUT2D eigenvalue weighted by molar-refractivity contribution is 6.15. The summed E-state index contributed by atoms with van der Waals surface area (Å²) in [4.78, 5) is 18.2. The maximum absolute atomic E-state index is 5.90. The summed E-state index contributed by atoms with van der Waals surface area (Å²) in [6.07, 6.45) is 7.01. The summed E-state index contributed by atoms with van der Waals surface area (Å²) >= 11 is 0. The fourth-order valence-electron chi connectivity index (χ4n) is 5.45. The molecule has 0 amide bonds. The standard InChI is InChI=1S/C32H18N4O/c1-2-7-23-22(6-1)21(19-9-12-28-27(17-19)31-32(37-28)36-16-15-35-31)10-11-24(23)26-18-20-5-3-13-33-29(20)30-25(26)8-4-14-34-30/h1-18H. The summed E-state index contributed by atoms with van der Waals surface area (Å²) in [6, 6.07) is 29.7. The van der Waals surface area contributed by atoms with Crippen LogP contribution in [0.25, 0.3) is 77.0 Å². The Morgan fingerprint density at radius 3 is 2.11 bits per heavy atom. The highest BCUT2D eigenvalue weighted by Gasteiger charge is 2.16. The smallest absolute Gasteiger partial charge is 0.246 e. The van der Waals surface area contributed by atoms with Gasteiger partial charge >= 0.3 is 0 Å². The lowest BCUT2D eigenvalue weighted by Crippen LogP contribution is -1.91. The molecule has 8 aromatic rings. The minimum absolute atomic E-state index is 0.557. The van der Waals surface area contributed by atoms with Crippen molar-refractivity contribution in [2.45, 2.75) is 0 Å². The van der Waals surface area contributed by atoms with Gasteiger partial charge in [0.05, 0.1) is 11.0 Å². The van der Waals surface area contributed by atoms with Gasteiger partial charge in [-0.2, -0.15) is 0 Å². The molecule has 0 spiro atoms. The van der Waals surface area contributed by atoms with Crippen molar-refractivity contribution >= 4 is 54.8 Å². The maximum atomic E-state index is 5.90. The van der Waals surface area contributed by atoms with Gasteiger partial charge in [0, 0.05) is 40.9 Å². The number of pyridine rings is 2. The molecule has 4 aromatic carbocycles. The van der Waals surface area contributed by atoms with Gasteiger partial charge in [-0.3, -0.25) is 9.97 Å². The quantitative estimate of drug-likeness (QED) is 0.238. The molecule has 0 fully saturated rings. The van der Waals surface area contributed by atoms with E-state index in [0.717, 1.165) is 55.0 Å². The fourth-order valence-corrected chi connectivity index (χ4v) is 5.45. The molecule has 4 heterocycles. The first-order valence-corrected chi connectivity index (χ1v) is 12.1. The number of rotatable bonds is 2. The third kappa shape index (κ3) is 2.98. The molecule has 0 aliphatic rings. The zero-order chi connectivity index (χ0) is 24.3. The normalized spacial score (nSPS) is 11.8. The Labute approximate surface area is 211 Å². The first kappa shape index (κ1) is 20.1. The molecule has 5 heteroatoms. The minimum Gasteiger partial charge on any atom is -0.436 e. The van der Waals surface area contributed by atoms with Crippen LogP contribution >= 0.6 is 0 Å². The van der Waals surface area contributed by atoms with Crippen LogP contribution in [0.2, 0.25) is 0 Å². The van der Waals surface area contributed by atoms with Crippen molar-refractivity contribution in [2.24, 2.45) is 0 Å². The Morgan fingerprint density at radius 2 is 1.19 bits per heavy atom. The number of aromatic nitrogens is 4. The molecule has 0 unspecified atom stereocenters. The predicted molar refractivity (Wildman–Crippen MR) is 148 cm³/mol. The number of benzene rings is 4. The van der Waals surface area contributed by atoms with Crippen molar-refractivity contribution < 1.29 is 4.42 Å². The summed E-state index contributed by atoms with van der Waals surface area (Å²) in [5.74, 6) is 0. The molecule has 0 atom stereocenters. The van der Waals surface area contributed by atoms with Crippen molar-refractivity contribution in [3.63, 3.8) is 0 Å². The zero-order valence-electron chi connectivity index (χ0n) is 19.6. The molecule has 0 aliphatic heterocycles. The third-order valence-electron chi connectivity index (χ3n) is 7.09. The highest BCUT2D eigenvalue weighted by atomic mass is 16.3. The third-order valence-corrected chi connectivity index (χ3v) is 7.09. The van der Waals surface area contributed by atoms with Crippen molar-refractivity contribution in [3.8, 4) is 22.3 Å². The second kappa shape index (κ2) is 7.67. The van der Waals surface area contributed by atoms with E-state index < -0.39 is 0 Å². The van der Waals surface area contributed by atoms with E-state index >= 15 is 0 Å². The molecule has 37 heavy (non-hydrogen) atoms. The van der Waals surface area contributed by atoms with Gasteiger partial charge in [-0.25, -0.2) is 9.97 Å². The average Bonchev–Trinajstić information content (AvgIpc) is 3.34. The second-order valence-corrected chi connectivity index (χ2v) is 9.13. The molecular weight excluding hydrogens is 456 g/mol. The van der Waals surface area contributed by atoms with Gasteiger partial charge < -0.3 is 4.42 Å². The van der Waals surface area contributed by atoms with Crippen molar-refractivity contribution in [2.75, 3.05) is 0 Å². The van der Waals surface area contributed by atoms with Crippen LogP contribution in [0.1, 0.15) is 0 Å². The van der Waals surface area contributed by atoms with Crippen molar-refractivity contribution in [1.82, 2.24) is 19.9 Å². The lowest BCUT2D eigenvalue weighted by atomic mass is 9.89. The van der Waals surface area contributed by atoms with E-state index in [9.17, 15) is 0 Å². The monoisotopic (exact) mass is 474 g/mol. The number of nitrogens with zero attached hydrogens (tertiary/aromatic N) is 4. The van der Waals surface area contributed by atoms with E-state index in [1.165, 1.54) is 16.3 Å². The maximum Gasteiger partial charge on any atom is 0.246 e. The van der Waals surface area contributed by atoms with Crippen LogP contribution in [0.5, 0.6) is 0 Å². The number of fused-ring (bicyclic) bond motifs is 7. The van der Waals surface area contributed by atoms with E-state index in [2.05, 4.69) is 81.7 Å².